The molecule has 0 aliphatic rings. The number of ether oxygens (including phenoxy) is 1. The molecule has 0 aromatic heterocycles. The summed E-state index contributed by atoms with van der Waals surface area (Å²) in [5.41, 5.74) is -1.15. The predicted molar refractivity (Wildman–Crippen MR) is 71.2 cm³/mol. The molecule has 0 heterocycles. The zero-order chi connectivity index (χ0) is 14.7. The van der Waals surface area contributed by atoms with Gasteiger partial charge in [-0.25, -0.2) is 0 Å². The van der Waals surface area contributed by atoms with Crippen LogP contribution in [0.1, 0.15) is 20.8 Å². The van der Waals surface area contributed by atoms with Crippen molar-refractivity contribution in [3.05, 3.63) is 24.3 Å². The van der Waals surface area contributed by atoms with Crippen LogP contribution in [0.15, 0.2) is 24.3 Å². The Morgan fingerprint density at radius 1 is 1.20 bits per heavy atom. The first-order chi connectivity index (χ1) is 8.58. The number of rotatable bonds is 4. The number of benzene rings is 1. The smallest absolute Gasteiger partial charge is 1.00 e. The van der Waals surface area contributed by atoms with Crippen molar-refractivity contribution in [1.82, 2.24) is 0 Å². The molecule has 1 aromatic carbocycles. The average molecular weight is 377 g/mol. The summed E-state index contributed by atoms with van der Waals surface area (Å²) in [5, 5.41) is 0.223. The van der Waals surface area contributed by atoms with E-state index < -0.39 is 18.0 Å². The van der Waals surface area contributed by atoms with Crippen LogP contribution >= 0.6 is 0 Å². The van der Waals surface area contributed by atoms with Crippen LogP contribution in [0.2, 0.25) is 5.32 Å². The van der Waals surface area contributed by atoms with E-state index in [4.69, 9.17) is 4.74 Å². The average Bonchev–Trinajstić information content (AvgIpc) is 2.23. The molecule has 2 nitrogen and oxygen atoms in total. The van der Waals surface area contributed by atoms with Gasteiger partial charge in [-0.05, 0) is 0 Å². The van der Waals surface area contributed by atoms with Gasteiger partial charge in [0.25, 0.3) is 0 Å². The van der Waals surface area contributed by atoms with Crippen LogP contribution in [0.4, 0.5) is 12.9 Å². The van der Waals surface area contributed by atoms with E-state index in [2.05, 4.69) is 0 Å². The maximum absolute atomic E-state index is 12.4. The first kappa shape index (κ1) is 20.7. The molecular formula is C12H15BF3KO2Se. The third kappa shape index (κ3) is 8.22. The second kappa shape index (κ2) is 8.36. The fourth-order valence-electron chi connectivity index (χ4n) is 1.30. The van der Waals surface area contributed by atoms with Gasteiger partial charge in [-0.3, -0.25) is 0 Å². The summed E-state index contributed by atoms with van der Waals surface area (Å²) < 4.78 is 43.1. The minimum absolute atomic E-state index is 0. The van der Waals surface area contributed by atoms with Gasteiger partial charge in [-0.2, -0.15) is 0 Å². The van der Waals surface area contributed by atoms with Gasteiger partial charge in [-0.15, -0.1) is 0 Å². The number of hydrogen-bond acceptors (Lipinski definition) is 2. The number of hydrogen-bond donors (Lipinski definition) is 0. The van der Waals surface area contributed by atoms with Crippen molar-refractivity contribution in [2.75, 3.05) is 0 Å². The summed E-state index contributed by atoms with van der Waals surface area (Å²) >= 11 is -0.209. The second-order valence-corrected chi connectivity index (χ2v) is 7.22. The number of esters is 1. The Bertz CT molecular complexity index is 444. The quantitative estimate of drug-likeness (QED) is 0.489. The first-order valence-electron chi connectivity index (χ1n) is 5.72. The van der Waals surface area contributed by atoms with Gasteiger partial charge in [0.2, 0.25) is 0 Å². The van der Waals surface area contributed by atoms with E-state index in [0.717, 1.165) is 16.6 Å². The molecule has 0 saturated heterocycles. The van der Waals surface area contributed by atoms with E-state index in [1.165, 1.54) is 12.1 Å². The van der Waals surface area contributed by atoms with Gasteiger partial charge in [0.15, 0.2) is 0 Å². The predicted octanol–water partition coefficient (Wildman–Crippen LogP) is -1.17. The zero-order valence-electron chi connectivity index (χ0n) is 12.0. The molecule has 0 unspecified atom stereocenters. The maximum atomic E-state index is 12.4. The molecule has 0 N–H and O–H groups in total. The summed E-state index contributed by atoms with van der Waals surface area (Å²) in [6, 6.07) is 4.97. The molecule has 0 radical (unpaired) electrons. The fraction of sp³-hybridized carbons (Fsp3) is 0.417. The Kier molecular flexibility index (Phi) is 8.66. The van der Waals surface area contributed by atoms with Gasteiger partial charge in [-0.1, -0.05) is 0 Å². The molecule has 106 valence electrons. The van der Waals surface area contributed by atoms with E-state index in [-0.39, 0.29) is 77.6 Å². The van der Waals surface area contributed by atoms with Gasteiger partial charge < -0.3 is 0 Å². The van der Waals surface area contributed by atoms with Gasteiger partial charge in [0, 0.05) is 0 Å². The van der Waals surface area contributed by atoms with Crippen LogP contribution in [0.25, 0.3) is 0 Å². The summed E-state index contributed by atoms with van der Waals surface area (Å²) in [6.45, 7) is 0.377. The molecule has 0 saturated carbocycles. The minimum Gasteiger partial charge on any atom is 1.00 e. The number of carbonyl (C=O) groups excluding carboxylic acids is 1. The van der Waals surface area contributed by atoms with Crippen molar-refractivity contribution in [2.24, 2.45) is 0 Å². The Morgan fingerprint density at radius 2 is 1.70 bits per heavy atom. The molecule has 1 rings (SSSR count). The molecule has 20 heavy (non-hydrogen) atoms. The summed E-state index contributed by atoms with van der Waals surface area (Å²) in [7, 11) is 0. The molecule has 0 amide bonds. The van der Waals surface area contributed by atoms with Gasteiger partial charge in [0.1, 0.15) is 0 Å². The topological polar surface area (TPSA) is 26.3 Å². The van der Waals surface area contributed by atoms with E-state index in [0.29, 0.717) is 0 Å². The Morgan fingerprint density at radius 3 is 2.10 bits per heavy atom. The van der Waals surface area contributed by atoms with E-state index in [9.17, 15) is 17.7 Å². The fourth-order valence-corrected chi connectivity index (χ4v) is 2.71. The van der Waals surface area contributed by atoms with Crippen LogP contribution in [-0.4, -0.2) is 33.5 Å². The van der Waals surface area contributed by atoms with Gasteiger partial charge in [0.05, 0.1) is 0 Å². The molecule has 0 aliphatic carbocycles. The van der Waals surface area contributed by atoms with Gasteiger partial charge >= 0.3 is 168 Å². The van der Waals surface area contributed by atoms with Crippen LogP contribution < -0.4 is 61.3 Å². The van der Waals surface area contributed by atoms with Crippen molar-refractivity contribution >= 4 is 37.8 Å². The molecule has 0 atom stereocenters. The standard InChI is InChI=1S/C12H15BF3O2Se.K/c1-12(2,3)18-11(17)8-19-10-6-4-9(5-7-10)13(14,15)16;/h4-7H,8H2,1-3H3;/q-1;+1. The third-order valence-corrected chi connectivity index (χ3v) is 4.10. The third-order valence-electron chi connectivity index (χ3n) is 2.03. The molecular weight excluding hydrogens is 362 g/mol. The maximum Gasteiger partial charge on any atom is 1.00 e. The van der Waals surface area contributed by atoms with Crippen LogP contribution in [0.5, 0.6) is 0 Å². The summed E-state index contributed by atoms with van der Waals surface area (Å²) in [5.74, 6) is -0.323. The second-order valence-electron chi connectivity index (χ2n) is 5.02. The van der Waals surface area contributed by atoms with Crippen LogP contribution in [0, 0.1) is 0 Å². The molecule has 0 bridgehead atoms. The minimum atomic E-state index is -4.95. The van der Waals surface area contributed by atoms with Crippen LogP contribution in [-0.2, 0) is 9.53 Å². The SMILES string of the molecule is CC(C)(C)OC(=O)C[Se]c1ccc([B-](F)(F)F)cc1.[K+]. The first-order valence-corrected chi connectivity index (χ1v) is 7.79. The van der Waals surface area contributed by atoms with E-state index in [1.807, 2.05) is 0 Å². The molecule has 0 spiro atoms. The van der Waals surface area contributed by atoms with Crippen molar-refractivity contribution in [3.8, 4) is 0 Å². The Balaban J connectivity index is 0.00000361. The number of carbonyl (C=O) groups is 1. The van der Waals surface area contributed by atoms with Crippen LogP contribution in [0.3, 0.4) is 0 Å². The van der Waals surface area contributed by atoms with Crippen molar-refractivity contribution < 1.29 is 73.9 Å². The monoisotopic (exact) mass is 378 g/mol. The van der Waals surface area contributed by atoms with Crippen molar-refractivity contribution in [1.29, 1.82) is 0 Å². The zero-order valence-corrected chi connectivity index (χ0v) is 16.8. The Labute approximate surface area is 165 Å². The normalized spacial score (nSPS) is 11.7. The largest absolute Gasteiger partial charge is 1.00 e. The molecule has 0 aliphatic heterocycles. The molecule has 1 aromatic rings. The summed E-state index contributed by atoms with van der Waals surface area (Å²) in [6.07, 6.45) is 0. The molecule has 0 fully saturated rings. The Hall–Kier alpha value is 0.701. The van der Waals surface area contributed by atoms with E-state index in [1.54, 1.807) is 20.8 Å². The molecule has 8 heteroatoms. The number of halogens is 3. The van der Waals surface area contributed by atoms with Crippen molar-refractivity contribution in [3.63, 3.8) is 0 Å². The summed E-state index contributed by atoms with van der Waals surface area (Å²) in [4.78, 5) is 11.5. The van der Waals surface area contributed by atoms with E-state index >= 15 is 0 Å². The van der Waals surface area contributed by atoms with Crippen molar-refractivity contribution in [2.45, 2.75) is 31.7 Å².